The molecule has 4 nitrogen and oxygen atoms in total. The van der Waals surface area contributed by atoms with Gasteiger partial charge in [0.2, 0.25) is 5.78 Å². The number of aromatic nitrogens is 2. The molecular weight excluding hydrogens is 463 g/mol. The van der Waals surface area contributed by atoms with E-state index in [1.165, 1.54) is 6.07 Å². The van der Waals surface area contributed by atoms with E-state index in [0.717, 1.165) is 17.3 Å². The highest BCUT2D eigenvalue weighted by Gasteiger charge is 2.34. The number of hydrogen-bond donors (Lipinski definition) is 1. The molecular formula is C29H20F3N3O. The molecule has 3 aromatic carbocycles. The van der Waals surface area contributed by atoms with Gasteiger partial charge < -0.3 is 5.32 Å². The Balaban J connectivity index is 1.63. The Morgan fingerprint density at radius 1 is 0.833 bits per heavy atom. The molecule has 0 spiro atoms. The van der Waals surface area contributed by atoms with E-state index in [-0.39, 0.29) is 11.2 Å². The summed E-state index contributed by atoms with van der Waals surface area (Å²) in [7, 11) is 0. The minimum Gasteiger partial charge on any atom is -0.381 e. The Morgan fingerprint density at radius 3 is 2.33 bits per heavy atom. The SMILES string of the molecule is O=C(c1ccccc1)c1cc(-c2cccc(NCc3ccncc3)c2)c2cccc(C(F)(F)F)c2n1. The lowest BCUT2D eigenvalue weighted by Crippen LogP contribution is -2.10. The summed E-state index contributed by atoms with van der Waals surface area (Å²) in [5.74, 6) is -0.442. The Bertz CT molecular complexity index is 1530. The molecule has 0 atom stereocenters. The second-order valence-electron chi connectivity index (χ2n) is 8.24. The highest BCUT2D eigenvalue weighted by molar-refractivity contribution is 6.10. The van der Waals surface area contributed by atoms with Crippen LogP contribution in [0.25, 0.3) is 22.0 Å². The highest BCUT2D eigenvalue weighted by atomic mass is 19.4. The van der Waals surface area contributed by atoms with Crippen molar-refractivity contribution in [2.24, 2.45) is 0 Å². The quantitative estimate of drug-likeness (QED) is 0.261. The average Bonchev–Trinajstić information content (AvgIpc) is 2.91. The molecule has 2 aromatic heterocycles. The topological polar surface area (TPSA) is 54.9 Å². The van der Waals surface area contributed by atoms with Gasteiger partial charge in [-0.05, 0) is 53.1 Å². The normalized spacial score (nSPS) is 11.4. The van der Waals surface area contributed by atoms with E-state index in [0.29, 0.717) is 28.6 Å². The van der Waals surface area contributed by atoms with E-state index in [1.807, 2.05) is 36.4 Å². The summed E-state index contributed by atoms with van der Waals surface area (Å²) in [6.45, 7) is 0.555. The van der Waals surface area contributed by atoms with Crippen LogP contribution in [0.15, 0.2) is 103 Å². The number of nitrogens with one attached hydrogen (secondary N) is 1. The van der Waals surface area contributed by atoms with E-state index >= 15 is 0 Å². The first-order chi connectivity index (χ1) is 17.4. The summed E-state index contributed by atoms with van der Waals surface area (Å²) < 4.78 is 41.7. The first kappa shape index (κ1) is 23.2. The summed E-state index contributed by atoms with van der Waals surface area (Å²) in [6, 6.07) is 25.1. The zero-order chi connectivity index (χ0) is 25.1. The molecule has 5 rings (SSSR count). The van der Waals surface area contributed by atoms with Crippen LogP contribution in [0.5, 0.6) is 0 Å². The minimum absolute atomic E-state index is 0.0458. The molecule has 5 aromatic rings. The molecule has 0 bridgehead atoms. The van der Waals surface area contributed by atoms with Gasteiger partial charge in [-0.2, -0.15) is 13.2 Å². The van der Waals surface area contributed by atoms with Crippen LogP contribution in [0.1, 0.15) is 27.2 Å². The van der Waals surface area contributed by atoms with E-state index in [9.17, 15) is 18.0 Å². The summed E-state index contributed by atoms with van der Waals surface area (Å²) in [5.41, 5.74) is 2.17. The van der Waals surface area contributed by atoms with Crippen molar-refractivity contribution < 1.29 is 18.0 Å². The second-order valence-corrected chi connectivity index (χ2v) is 8.24. The standard InChI is InChI=1S/C29H20F3N3O/c30-29(31,32)25-11-5-10-23-24(17-26(35-27(23)25)28(36)20-6-2-1-3-7-20)21-8-4-9-22(16-21)34-18-19-12-14-33-15-13-19/h1-17,34H,18H2. The molecule has 178 valence electrons. The third-order valence-corrected chi connectivity index (χ3v) is 5.83. The molecule has 36 heavy (non-hydrogen) atoms. The van der Waals surface area contributed by atoms with E-state index in [4.69, 9.17) is 0 Å². The maximum absolute atomic E-state index is 13.9. The van der Waals surface area contributed by atoms with Crippen LogP contribution in [-0.2, 0) is 12.7 Å². The van der Waals surface area contributed by atoms with Crippen molar-refractivity contribution in [1.29, 1.82) is 0 Å². The highest BCUT2D eigenvalue weighted by Crippen LogP contribution is 2.38. The fourth-order valence-electron chi connectivity index (χ4n) is 4.07. The number of anilines is 1. The van der Waals surface area contributed by atoms with Gasteiger partial charge in [-0.3, -0.25) is 9.78 Å². The molecule has 0 aliphatic carbocycles. The second kappa shape index (κ2) is 9.62. The first-order valence-corrected chi connectivity index (χ1v) is 11.2. The number of carbonyl (C=O) groups excluding carboxylic acids is 1. The number of hydrogen-bond acceptors (Lipinski definition) is 4. The van der Waals surface area contributed by atoms with E-state index < -0.39 is 17.5 Å². The molecule has 1 N–H and O–H groups in total. The van der Waals surface area contributed by atoms with E-state index in [1.54, 1.807) is 54.9 Å². The van der Waals surface area contributed by atoms with Gasteiger partial charge in [0.05, 0.1) is 11.1 Å². The minimum atomic E-state index is -4.62. The fourth-order valence-corrected chi connectivity index (χ4v) is 4.07. The van der Waals surface area contributed by atoms with Crippen LogP contribution in [0.4, 0.5) is 18.9 Å². The van der Waals surface area contributed by atoms with Crippen molar-refractivity contribution in [3.05, 3.63) is 126 Å². The first-order valence-electron chi connectivity index (χ1n) is 11.2. The molecule has 0 fully saturated rings. The Kier molecular flexibility index (Phi) is 6.21. The van der Waals surface area contributed by atoms with Crippen LogP contribution in [0.3, 0.4) is 0 Å². The van der Waals surface area contributed by atoms with Crippen molar-refractivity contribution in [3.63, 3.8) is 0 Å². The maximum atomic E-state index is 13.9. The van der Waals surface area contributed by atoms with Crippen molar-refractivity contribution in [1.82, 2.24) is 9.97 Å². The zero-order valence-corrected chi connectivity index (χ0v) is 19.0. The molecule has 0 aliphatic rings. The van der Waals surface area contributed by atoms with Crippen molar-refractivity contribution >= 4 is 22.4 Å². The Labute approximate surface area is 205 Å². The monoisotopic (exact) mass is 483 g/mol. The summed E-state index contributed by atoms with van der Waals surface area (Å²) in [5, 5.41) is 3.65. The molecule has 0 aliphatic heterocycles. The van der Waals surface area contributed by atoms with Crippen LogP contribution in [0.2, 0.25) is 0 Å². The van der Waals surface area contributed by atoms with Crippen LogP contribution < -0.4 is 5.32 Å². The molecule has 2 heterocycles. The number of benzene rings is 3. The summed E-state index contributed by atoms with van der Waals surface area (Å²) in [6.07, 6.45) is -1.20. The van der Waals surface area contributed by atoms with Crippen molar-refractivity contribution in [2.45, 2.75) is 12.7 Å². The Hall–Kier alpha value is -4.52. The summed E-state index contributed by atoms with van der Waals surface area (Å²) >= 11 is 0. The number of pyridine rings is 2. The van der Waals surface area contributed by atoms with Gasteiger partial charge in [0.25, 0.3) is 0 Å². The number of rotatable bonds is 6. The number of fused-ring (bicyclic) bond motifs is 1. The van der Waals surface area contributed by atoms with Gasteiger partial charge in [0.1, 0.15) is 5.69 Å². The summed E-state index contributed by atoms with van der Waals surface area (Å²) in [4.78, 5) is 21.4. The lowest BCUT2D eigenvalue weighted by atomic mass is 9.96. The van der Waals surface area contributed by atoms with Gasteiger partial charge in [-0.1, -0.05) is 54.6 Å². The molecule has 7 heteroatoms. The largest absolute Gasteiger partial charge is 0.418 e. The predicted octanol–water partition coefficient (Wildman–Crippen LogP) is 7.16. The molecule has 0 saturated heterocycles. The van der Waals surface area contributed by atoms with Gasteiger partial charge in [0, 0.05) is 35.6 Å². The number of carbonyl (C=O) groups is 1. The van der Waals surface area contributed by atoms with Crippen LogP contribution >= 0.6 is 0 Å². The fraction of sp³-hybridized carbons (Fsp3) is 0.0690. The van der Waals surface area contributed by atoms with Crippen LogP contribution in [0, 0.1) is 0 Å². The third-order valence-electron chi connectivity index (χ3n) is 5.83. The van der Waals surface area contributed by atoms with Crippen molar-refractivity contribution in [2.75, 3.05) is 5.32 Å². The third kappa shape index (κ3) is 4.81. The molecule has 0 radical (unpaired) electrons. The lowest BCUT2D eigenvalue weighted by Gasteiger charge is -2.15. The van der Waals surface area contributed by atoms with Gasteiger partial charge in [-0.15, -0.1) is 0 Å². The van der Waals surface area contributed by atoms with Crippen molar-refractivity contribution in [3.8, 4) is 11.1 Å². The number of ketones is 1. The van der Waals surface area contributed by atoms with E-state index in [2.05, 4.69) is 15.3 Å². The molecule has 0 saturated carbocycles. The zero-order valence-electron chi connectivity index (χ0n) is 19.0. The van der Waals surface area contributed by atoms with Gasteiger partial charge in [0.15, 0.2) is 0 Å². The lowest BCUT2D eigenvalue weighted by molar-refractivity contribution is -0.136. The predicted molar refractivity (Wildman–Crippen MR) is 134 cm³/mol. The molecule has 0 amide bonds. The maximum Gasteiger partial charge on any atom is 0.418 e. The number of nitrogens with zero attached hydrogens (tertiary/aromatic N) is 2. The Morgan fingerprint density at radius 2 is 1.58 bits per heavy atom. The van der Waals surface area contributed by atoms with Crippen LogP contribution in [-0.4, -0.2) is 15.8 Å². The average molecular weight is 483 g/mol. The van der Waals surface area contributed by atoms with Gasteiger partial charge >= 0.3 is 6.18 Å². The number of alkyl halides is 3. The van der Waals surface area contributed by atoms with Gasteiger partial charge in [-0.25, -0.2) is 4.98 Å². The smallest absolute Gasteiger partial charge is 0.381 e. The number of para-hydroxylation sites is 1. The molecule has 0 unspecified atom stereocenters. The number of halogens is 3.